The van der Waals surface area contributed by atoms with Gasteiger partial charge in [0.2, 0.25) is 10.7 Å². The van der Waals surface area contributed by atoms with Crippen LogP contribution in [-0.4, -0.2) is 28.6 Å². The van der Waals surface area contributed by atoms with E-state index in [-0.39, 0.29) is 17.6 Å². The molecule has 1 aliphatic heterocycles. The summed E-state index contributed by atoms with van der Waals surface area (Å²) >= 11 is 5.52. The van der Waals surface area contributed by atoms with Crippen molar-refractivity contribution < 1.29 is 18.0 Å². The van der Waals surface area contributed by atoms with Gasteiger partial charge in [-0.1, -0.05) is 0 Å². The average Bonchev–Trinajstić information content (AvgIpc) is 2.66. The molecule has 0 aliphatic carbocycles. The maximum Gasteiger partial charge on any atom is 0.416 e. The van der Waals surface area contributed by atoms with Crippen LogP contribution in [0.5, 0.6) is 0 Å². The van der Waals surface area contributed by atoms with Crippen molar-refractivity contribution in [3.8, 4) is 6.07 Å². The number of amides is 1. The van der Waals surface area contributed by atoms with E-state index in [1.807, 2.05) is 0 Å². The van der Waals surface area contributed by atoms with Gasteiger partial charge >= 0.3 is 6.18 Å². The maximum atomic E-state index is 12.9. The zero-order chi connectivity index (χ0) is 14.3. The smallest absolute Gasteiger partial charge is 0.295 e. The predicted molar refractivity (Wildman–Crippen MR) is 58.1 cm³/mol. The number of alkyl halides is 3. The van der Waals surface area contributed by atoms with Gasteiger partial charge in [-0.2, -0.15) is 18.4 Å². The van der Waals surface area contributed by atoms with E-state index in [2.05, 4.69) is 9.97 Å². The van der Waals surface area contributed by atoms with Crippen LogP contribution >= 0.6 is 11.6 Å². The Morgan fingerprint density at radius 1 is 1.53 bits per heavy atom. The molecule has 1 fully saturated rings. The van der Waals surface area contributed by atoms with Gasteiger partial charge in [-0.05, 0) is 17.7 Å². The van der Waals surface area contributed by atoms with Crippen molar-refractivity contribution in [2.75, 3.05) is 11.4 Å². The number of nitriles is 1. The zero-order valence-corrected chi connectivity index (χ0v) is 10.0. The number of rotatable bonds is 1. The molecule has 1 atom stereocenters. The lowest BCUT2D eigenvalue weighted by Crippen LogP contribution is -2.44. The molecule has 9 heteroatoms. The van der Waals surface area contributed by atoms with Gasteiger partial charge in [-0.25, -0.2) is 9.97 Å². The summed E-state index contributed by atoms with van der Waals surface area (Å²) in [5, 5.41) is 8.58. The number of carbonyl (C=O) groups excluding carboxylic acids is 1. The molecule has 1 saturated heterocycles. The van der Waals surface area contributed by atoms with E-state index in [9.17, 15) is 18.0 Å². The largest absolute Gasteiger partial charge is 0.416 e. The highest BCUT2D eigenvalue weighted by molar-refractivity contribution is 6.28. The summed E-state index contributed by atoms with van der Waals surface area (Å²) < 4.78 is 38.7. The summed E-state index contributed by atoms with van der Waals surface area (Å²) in [5.74, 6) is -1.39. The zero-order valence-electron chi connectivity index (χ0n) is 9.28. The number of anilines is 1. The lowest BCUT2D eigenvalue weighted by Gasteiger charge is -2.22. The van der Waals surface area contributed by atoms with E-state index < -0.39 is 23.9 Å². The van der Waals surface area contributed by atoms with Crippen molar-refractivity contribution in [1.82, 2.24) is 9.97 Å². The Balaban J connectivity index is 2.41. The molecule has 2 heterocycles. The van der Waals surface area contributed by atoms with E-state index in [1.165, 1.54) is 12.3 Å². The van der Waals surface area contributed by atoms with Crippen molar-refractivity contribution >= 4 is 23.3 Å². The molecule has 0 saturated carbocycles. The SMILES string of the molecule is N#CC1(C(F)(F)F)CCN(c2ccnc(Cl)n2)C1=O. The van der Waals surface area contributed by atoms with Gasteiger partial charge in [-0.15, -0.1) is 0 Å². The maximum absolute atomic E-state index is 12.9. The van der Waals surface area contributed by atoms with Crippen LogP contribution < -0.4 is 4.90 Å². The van der Waals surface area contributed by atoms with Crippen LogP contribution in [0.4, 0.5) is 19.0 Å². The molecule has 0 spiro atoms. The van der Waals surface area contributed by atoms with E-state index in [1.54, 1.807) is 0 Å². The Kier molecular flexibility index (Phi) is 3.10. The Labute approximate surface area is 110 Å². The van der Waals surface area contributed by atoms with Crippen molar-refractivity contribution in [1.29, 1.82) is 5.26 Å². The summed E-state index contributed by atoms with van der Waals surface area (Å²) in [4.78, 5) is 19.9. The fourth-order valence-corrected chi connectivity index (χ4v) is 1.99. The van der Waals surface area contributed by atoms with Gasteiger partial charge in [0.25, 0.3) is 5.91 Å². The highest BCUT2D eigenvalue weighted by atomic mass is 35.5. The number of aromatic nitrogens is 2. The fraction of sp³-hybridized carbons (Fsp3) is 0.400. The van der Waals surface area contributed by atoms with Crippen molar-refractivity contribution in [2.45, 2.75) is 12.6 Å². The lowest BCUT2D eigenvalue weighted by molar-refractivity contribution is -0.199. The Hall–Kier alpha value is -1.88. The molecule has 0 bridgehead atoms. The van der Waals surface area contributed by atoms with Crippen LogP contribution in [0.1, 0.15) is 6.42 Å². The van der Waals surface area contributed by atoms with Gasteiger partial charge in [0.15, 0.2) is 0 Å². The molecule has 0 aromatic carbocycles. The fourth-order valence-electron chi connectivity index (χ4n) is 1.84. The number of carbonyl (C=O) groups is 1. The summed E-state index contributed by atoms with van der Waals surface area (Å²) in [5.41, 5.74) is -3.01. The Bertz CT molecular complexity index is 571. The Morgan fingerprint density at radius 2 is 2.21 bits per heavy atom. The summed E-state index contributed by atoms with van der Waals surface area (Å²) in [6.07, 6.45) is -4.34. The van der Waals surface area contributed by atoms with Crippen LogP contribution in [0.2, 0.25) is 5.28 Å². The van der Waals surface area contributed by atoms with E-state index in [0.717, 1.165) is 11.0 Å². The van der Waals surface area contributed by atoms with Crippen LogP contribution in [0.3, 0.4) is 0 Å². The third-order valence-corrected chi connectivity index (χ3v) is 3.07. The first-order valence-electron chi connectivity index (χ1n) is 5.10. The van der Waals surface area contributed by atoms with E-state index in [4.69, 9.17) is 16.9 Å². The number of halogens is 4. The van der Waals surface area contributed by atoms with Gasteiger partial charge in [0, 0.05) is 19.2 Å². The molecule has 1 amide bonds. The average molecular weight is 291 g/mol. The van der Waals surface area contributed by atoms with Gasteiger partial charge in [-0.3, -0.25) is 9.69 Å². The lowest BCUT2D eigenvalue weighted by atomic mass is 9.87. The van der Waals surface area contributed by atoms with Gasteiger partial charge < -0.3 is 0 Å². The topological polar surface area (TPSA) is 69.9 Å². The molecule has 2 rings (SSSR count). The minimum Gasteiger partial charge on any atom is -0.295 e. The molecular weight excluding hydrogens is 285 g/mol. The summed E-state index contributed by atoms with van der Waals surface area (Å²) in [6, 6.07) is 2.35. The molecule has 0 radical (unpaired) electrons. The molecule has 5 nitrogen and oxygen atoms in total. The minimum absolute atomic E-state index is 0.0497. The molecule has 100 valence electrons. The standard InChI is InChI=1S/C10H6ClF3N4O/c11-8-16-3-1-6(17-8)18-4-2-9(5-15,7(18)19)10(12,13)14/h1,3H,2,4H2. The van der Waals surface area contributed by atoms with Crippen LogP contribution in [0, 0.1) is 16.7 Å². The quantitative estimate of drug-likeness (QED) is 0.741. The molecule has 1 aromatic heterocycles. The molecule has 1 unspecified atom stereocenters. The van der Waals surface area contributed by atoms with E-state index in [0.29, 0.717) is 0 Å². The molecular formula is C10H6ClF3N4O. The highest BCUT2D eigenvalue weighted by Gasteiger charge is 2.65. The van der Waals surface area contributed by atoms with Gasteiger partial charge in [0.1, 0.15) is 5.82 Å². The van der Waals surface area contributed by atoms with Crippen molar-refractivity contribution in [2.24, 2.45) is 5.41 Å². The third kappa shape index (κ3) is 2.00. The molecule has 1 aromatic rings. The highest BCUT2D eigenvalue weighted by Crippen LogP contribution is 2.46. The van der Waals surface area contributed by atoms with E-state index >= 15 is 0 Å². The minimum atomic E-state index is -4.93. The second-order valence-electron chi connectivity index (χ2n) is 3.91. The molecule has 0 N–H and O–H groups in total. The van der Waals surface area contributed by atoms with Crippen LogP contribution in [0.25, 0.3) is 0 Å². The predicted octanol–water partition coefficient (Wildman–Crippen LogP) is 1.94. The van der Waals surface area contributed by atoms with Crippen molar-refractivity contribution in [3.63, 3.8) is 0 Å². The number of hydrogen-bond donors (Lipinski definition) is 0. The number of nitrogens with zero attached hydrogens (tertiary/aromatic N) is 4. The first-order valence-corrected chi connectivity index (χ1v) is 5.48. The third-order valence-electron chi connectivity index (χ3n) is 2.88. The molecule has 19 heavy (non-hydrogen) atoms. The first kappa shape index (κ1) is 13.5. The van der Waals surface area contributed by atoms with Crippen LogP contribution in [0.15, 0.2) is 12.3 Å². The first-order chi connectivity index (χ1) is 8.82. The van der Waals surface area contributed by atoms with Crippen LogP contribution in [-0.2, 0) is 4.79 Å². The summed E-state index contributed by atoms with van der Waals surface area (Å²) in [6.45, 7) is -0.251. The normalized spacial score (nSPS) is 23.5. The van der Waals surface area contributed by atoms with Crippen molar-refractivity contribution in [3.05, 3.63) is 17.5 Å². The second-order valence-corrected chi connectivity index (χ2v) is 4.24. The van der Waals surface area contributed by atoms with Gasteiger partial charge in [0.05, 0.1) is 6.07 Å². The Morgan fingerprint density at radius 3 is 2.68 bits per heavy atom. The number of hydrogen-bond acceptors (Lipinski definition) is 4. The summed E-state index contributed by atoms with van der Waals surface area (Å²) in [7, 11) is 0. The monoisotopic (exact) mass is 290 g/mol. The molecule has 1 aliphatic rings. The second kappa shape index (κ2) is 4.35.